The van der Waals surface area contributed by atoms with E-state index in [1.54, 1.807) is 0 Å². The molecule has 3 rings (SSSR count). The molecular weight excluding hydrogens is 518 g/mol. The number of hydrogen-bond donors (Lipinski definition) is 2. The molecule has 0 amide bonds. The van der Waals surface area contributed by atoms with Gasteiger partial charge in [-0.05, 0) is 70.2 Å². The Labute approximate surface area is 165 Å². The van der Waals surface area contributed by atoms with E-state index in [2.05, 4.69) is 61.0 Å². The lowest BCUT2D eigenvalue weighted by Gasteiger charge is -2.42. The molecule has 6 heteroatoms. The summed E-state index contributed by atoms with van der Waals surface area (Å²) in [5, 5.41) is 20.5. The Hall–Kier alpha value is 0.360. The first-order valence-electron chi connectivity index (χ1n) is 8.36. The number of benzene rings is 1. The van der Waals surface area contributed by atoms with E-state index in [0.717, 1.165) is 54.7 Å². The standard InChI is InChI=1S/C17H24I2N2O2/c18-13-9-12(17(23)14(19)10-13)11-20-5-7-21(8-6-20)15-3-1-2-4-16(15)22/h9-10,15-16,22-23H,1-8,11H2/t15-,16-/m0/s1. The van der Waals surface area contributed by atoms with Crippen molar-refractivity contribution < 1.29 is 10.2 Å². The molecule has 1 aromatic rings. The molecule has 2 atom stereocenters. The van der Waals surface area contributed by atoms with E-state index in [9.17, 15) is 10.2 Å². The number of nitrogens with zero attached hydrogens (tertiary/aromatic N) is 2. The molecule has 0 radical (unpaired) electrons. The predicted octanol–water partition coefficient (Wildman–Crippen LogP) is 3.02. The van der Waals surface area contributed by atoms with Gasteiger partial charge in [-0.25, -0.2) is 0 Å². The fourth-order valence-corrected chi connectivity index (χ4v) is 5.72. The molecular formula is C17H24I2N2O2. The van der Waals surface area contributed by atoms with Crippen LogP contribution in [-0.2, 0) is 6.54 Å². The van der Waals surface area contributed by atoms with Gasteiger partial charge < -0.3 is 10.2 Å². The number of halogens is 2. The van der Waals surface area contributed by atoms with Gasteiger partial charge in [-0.15, -0.1) is 0 Å². The summed E-state index contributed by atoms with van der Waals surface area (Å²) in [7, 11) is 0. The van der Waals surface area contributed by atoms with Gasteiger partial charge in [0, 0.05) is 47.9 Å². The maximum atomic E-state index is 10.3. The van der Waals surface area contributed by atoms with Gasteiger partial charge in [-0.3, -0.25) is 9.80 Å². The lowest BCUT2D eigenvalue weighted by molar-refractivity contribution is -0.00480. The fraction of sp³-hybridized carbons (Fsp3) is 0.647. The monoisotopic (exact) mass is 542 g/mol. The second-order valence-corrected chi connectivity index (χ2v) is 9.03. The highest BCUT2D eigenvalue weighted by Gasteiger charge is 2.30. The van der Waals surface area contributed by atoms with Crippen LogP contribution in [0.4, 0.5) is 0 Å². The molecule has 1 saturated heterocycles. The van der Waals surface area contributed by atoms with Gasteiger partial charge in [0.2, 0.25) is 0 Å². The summed E-state index contributed by atoms with van der Waals surface area (Å²) in [4.78, 5) is 4.88. The largest absolute Gasteiger partial charge is 0.507 e. The van der Waals surface area contributed by atoms with Crippen LogP contribution in [0, 0.1) is 7.14 Å². The fourth-order valence-electron chi connectivity index (χ4n) is 3.75. The first kappa shape index (κ1) is 18.2. The molecule has 0 aromatic heterocycles. The van der Waals surface area contributed by atoms with E-state index >= 15 is 0 Å². The predicted molar refractivity (Wildman–Crippen MR) is 109 cm³/mol. The van der Waals surface area contributed by atoms with Crippen molar-refractivity contribution in [3.05, 3.63) is 24.8 Å². The normalized spacial score (nSPS) is 27.3. The molecule has 2 N–H and O–H groups in total. The molecule has 0 bridgehead atoms. The Morgan fingerprint density at radius 1 is 1.04 bits per heavy atom. The maximum absolute atomic E-state index is 10.3. The minimum absolute atomic E-state index is 0.142. The number of hydrogen-bond acceptors (Lipinski definition) is 4. The maximum Gasteiger partial charge on any atom is 0.133 e. The van der Waals surface area contributed by atoms with E-state index in [0.29, 0.717) is 11.8 Å². The number of phenolic OH excluding ortho intramolecular Hbond substituents is 1. The number of aromatic hydroxyl groups is 1. The molecule has 0 unspecified atom stereocenters. The van der Waals surface area contributed by atoms with E-state index in [1.165, 1.54) is 16.4 Å². The van der Waals surface area contributed by atoms with Crippen molar-refractivity contribution >= 4 is 45.2 Å². The van der Waals surface area contributed by atoms with Crippen molar-refractivity contribution in [1.82, 2.24) is 9.80 Å². The highest BCUT2D eigenvalue weighted by Crippen LogP contribution is 2.29. The molecule has 2 fully saturated rings. The Morgan fingerprint density at radius 2 is 1.74 bits per heavy atom. The van der Waals surface area contributed by atoms with Crippen molar-refractivity contribution in [3.63, 3.8) is 0 Å². The van der Waals surface area contributed by atoms with E-state index in [-0.39, 0.29) is 6.10 Å². The first-order chi connectivity index (χ1) is 11.0. The van der Waals surface area contributed by atoms with Gasteiger partial charge in [0.1, 0.15) is 5.75 Å². The average molecular weight is 542 g/mol. The van der Waals surface area contributed by atoms with Crippen molar-refractivity contribution in [2.45, 2.75) is 44.4 Å². The summed E-state index contributed by atoms with van der Waals surface area (Å²) in [5.74, 6) is 0.427. The van der Waals surface area contributed by atoms with Crippen LogP contribution in [0.3, 0.4) is 0 Å². The third-order valence-electron chi connectivity index (χ3n) is 5.07. The van der Waals surface area contributed by atoms with E-state index < -0.39 is 0 Å². The first-order valence-corrected chi connectivity index (χ1v) is 10.5. The molecule has 1 saturated carbocycles. The molecule has 128 valence electrons. The quantitative estimate of drug-likeness (QED) is 0.578. The van der Waals surface area contributed by atoms with Crippen LogP contribution in [0.15, 0.2) is 12.1 Å². The second-order valence-electron chi connectivity index (χ2n) is 6.63. The summed E-state index contributed by atoms with van der Waals surface area (Å²) >= 11 is 4.50. The van der Waals surface area contributed by atoms with Crippen molar-refractivity contribution in [2.75, 3.05) is 26.2 Å². The number of piperazine rings is 1. The number of phenols is 1. The smallest absolute Gasteiger partial charge is 0.133 e. The van der Waals surface area contributed by atoms with E-state index in [1.807, 2.05) is 6.07 Å². The van der Waals surface area contributed by atoms with Crippen LogP contribution in [0.5, 0.6) is 5.75 Å². The molecule has 0 spiro atoms. The van der Waals surface area contributed by atoms with Crippen molar-refractivity contribution in [3.8, 4) is 5.75 Å². The molecule has 1 aliphatic carbocycles. The van der Waals surface area contributed by atoms with Gasteiger partial charge in [-0.1, -0.05) is 12.8 Å². The zero-order valence-electron chi connectivity index (χ0n) is 13.2. The third-order valence-corrected chi connectivity index (χ3v) is 6.52. The number of aliphatic hydroxyl groups excluding tert-OH is 1. The molecule has 4 nitrogen and oxygen atoms in total. The average Bonchev–Trinajstić information content (AvgIpc) is 2.53. The van der Waals surface area contributed by atoms with Gasteiger partial charge in [-0.2, -0.15) is 0 Å². The molecule has 1 heterocycles. The molecule has 23 heavy (non-hydrogen) atoms. The highest BCUT2D eigenvalue weighted by molar-refractivity contribution is 14.1. The summed E-state index contributed by atoms with van der Waals surface area (Å²) in [6.45, 7) is 4.85. The van der Waals surface area contributed by atoms with Gasteiger partial charge in [0.15, 0.2) is 0 Å². The van der Waals surface area contributed by atoms with Crippen LogP contribution in [0.25, 0.3) is 0 Å². The van der Waals surface area contributed by atoms with Gasteiger partial charge >= 0.3 is 0 Å². The van der Waals surface area contributed by atoms with Crippen LogP contribution < -0.4 is 0 Å². The Kier molecular flexibility index (Phi) is 6.44. The minimum atomic E-state index is -0.142. The van der Waals surface area contributed by atoms with Crippen molar-refractivity contribution in [2.24, 2.45) is 0 Å². The Balaban J connectivity index is 1.57. The lowest BCUT2D eigenvalue weighted by atomic mass is 9.91. The van der Waals surface area contributed by atoms with Crippen LogP contribution in [-0.4, -0.2) is 58.3 Å². The van der Waals surface area contributed by atoms with Crippen LogP contribution in [0.1, 0.15) is 31.2 Å². The molecule has 1 aliphatic heterocycles. The summed E-state index contributed by atoms with van der Waals surface area (Å²) in [6.07, 6.45) is 4.37. The van der Waals surface area contributed by atoms with Gasteiger partial charge in [0.25, 0.3) is 0 Å². The topological polar surface area (TPSA) is 46.9 Å². The number of aliphatic hydroxyl groups is 1. The van der Waals surface area contributed by atoms with Crippen LogP contribution in [0.2, 0.25) is 0 Å². The zero-order valence-corrected chi connectivity index (χ0v) is 17.5. The Bertz CT molecular complexity index is 548. The summed E-state index contributed by atoms with van der Waals surface area (Å²) in [5.41, 5.74) is 1.02. The Morgan fingerprint density at radius 3 is 2.43 bits per heavy atom. The zero-order chi connectivity index (χ0) is 16.4. The second kappa shape index (κ2) is 8.16. The lowest BCUT2D eigenvalue weighted by Crippen LogP contribution is -2.54. The SMILES string of the molecule is Oc1c(I)cc(I)cc1CN1CCN([C@H]2CCCC[C@@H]2O)CC1. The van der Waals surface area contributed by atoms with Crippen molar-refractivity contribution in [1.29, 1.82) is 0 Å². The minimum Gasteiger partial charge on any atom is -0.507 e. The molecule has 1 aromatic carbocycles. The third kappa shape index (κ3) is 4.50. The highest BCUT2D eigenvalue weighted by atomic mass is 127. The van der Waals surface area contributed by atoms with Gasteiger partial charge in [0.05, 0.1) is 9.67 Å². The summed E-state index contributed by atoms with van der Waals surface area (Å²) in [6, 6.07) is 4.44. The molecule has 2 aliphatic rings. The summed E-state index contributed by atoms with van der Waals surface area (Å²) < 4.78 is 2.09. The number of rotatable bonds is 3. The van der Waals surface area contributed by atoms with E-state index in [4.69, 9.17) is 0 Å². The van der Waals surface area contributed by atoms with Crippen LogP contribution >= 0.6 is 45.2 Å².